The molecule has 0 spiro atoms. The lowest BCUT2D eigenvalue weighted by atomic mass is 10.2. The number of esters is 1. The van der Waals surface area contributed by atoms with E-state index in [4.69, 9.17) is 4.74 Å². The summed E-state index contributed by atoms with van der Waals surface area (Å²) in [6.45, 7) is 5.72. The van der Waals surface area contributed by atoms with Crippen LogP contribution in [0.5, 0.6) is 0 Å². The summed E-state index contributed by atoms with van der Waals surface area (Å²) in [5, 5.41) is 0.486. The predicted octanol–water partition coefficient (Wildman–Crippen LogP) is 2.03. The molecule has 0 unspecified atom stereocenters. The number of aryl methyl sites for hydroxylation is 2. The van der Waals surface area contributed by atoms with Crippen LogP contribution in [0.2, 0.25) is 0 Å². The summed E-state index contributed by atoms with van der Waals surface area (Å²) in [6.07, 6.45) is 0.650. The second-order valence-electron chi connectivity index (χ2n) is 3.82. The first kappa shape index (κ1) is 12.8. The number of fused-ring (bicyclic) bond motifs is 1. The zero-order valence-electron chi connectivity index (χ0n) is 10.5. The van der Waals surface area contributed by atoms with Gasteiger partial charge in [0.1, 0.15) is 15.5 Å². The van der Waals surface area contributed by atoms with Crippen molar-refractivity contribution < 1.29 is 9.53 Å². The molecule has 0 bridgehead atoms. The van der Waals surface area contributed by atoms with Crippen molar-refractivity contribution in [1.29, 1.82) is 0 Å². The van der Waals surface area contributed by atoms with Gasteiger partial charge in [0.05, 0.1) is 12.0 Å². The first-order valence-electron chi connectivity index (χ1n) is 5.77. The van der Waals surface area contributed by atoms with Gasteiger partial charge in [-0.05, 0) is 19.4 Å². The summed E-state index contributed by atoms with van der Waals surface area (Å²) in [5.74, 6) is 0.236. The maximum absolute atomic E-state index is 11.9. The lowest BCUT2D eigenvalue weighted by molar-refractivity contribution is 0.0531. The smallest absolute Gasteiger partial charge is 0.348 e. The lowest BCUT2D eigenvalue weighted by Gasteiger charge is -1.98. The van der Waals surface area contributed by atoms with E-state index in [1.807, 2.05) is 6.92 Å². The minimum Gasteiger partial charge on any atom is -0.462 e. The highest BCUT2D eigenvalue weighted by molar-refractivity contribution is 7.20. The van der Waals surface area contributed by atoms with Gasteiger partial charge < -0.3 is 9.72 Å². The maximum atomic E-state index is 11.9. The van der Waals surface area contributed by atoms with E-state index in [9.17, 15) is 9.59 Å². The fraction of sp³-hybridized carbons (Fsp3) is 0.417. The number of ether oxygens (including phenoxy) is 1. The van der Waals surface area contributed by atoms with E-state index >= 15 is 0 Å². The molecule has 2 heterocycles. The van der Waals surface area contributed by atoms with Crippen LogP contribution >= 0.6 is 11.3 Å². The largest absolute Gasteiger partial charge is 0.462 e. The number of carbonyl (C=O) groups is 1. The monoisotopic (exact) mass is 266 g/mol. The van der Waals surface area contributed by atoms with Crippen molar-refractivity contribution in [2.24, 2.45) is 0 Å². The van der Waals surface area contributed by atoms with E-state index in [1.165, 1.54) is 11.3 Å². The first-order valence-corrected chi connectivity index (χ1v) is 6.59. The highest BCUT2D eigenvalue weighted by atomic mass is 32.1. The van der Waals surface area contributed by atoms with Crippen LogP contribution in [0.25, 0.3) is 10.2 Å². The molecule has 0 radical (unpaired) electrons. The van der Waals surface area contributed by atoms with E-state index in [1.54, 1.807) is 13.8 Å². The van der Waals surface area contributed by atoms with Crippen LogP contribution in [0.3, 0.4) is 0 Å². The Bertz CT molecular complexity index is 657. The van der Waals surface area contributed by atoms with E-state index in [0.29, 0.717) is 39.5 Å². The molecular weight excluding hydrogens is 252 g/mol. The number of hydrogen-bond donors (Lipinski definition) is 1. The van der Waals surface area contributed by atoms with Gasteiger partial charge in [0.15, 0.2) is 0 Å². The minimum atomic E-state index is -0.393. The van der Waals surface area contributed by atoms with Crippen LogP contribution < -0.4 is 5.56 Å². The van der Waals surface area contributed by atoms with Crippen molar-refractivity contribution in [3.63, 3.8) is 0 Å². The molecule has 0 atom stereocenters. The molecule has 5 nitrogen and oxygen atoms in total. The van der Waals surface area contributed by atoms with Gasteiger partial charge in [0.2, 0.25) is 0 Å². The molecule has 0 saturated heterocycles. The Kier molecular flexibility index (Phi) is 3.47. The third-order valence-electron chi connectivity index (χ3n) is 2.65. The molecule has 2 aromatic rings. The minimum absolute atomic E-state index is 0.193. The van der Waals surface area contributed by atoms with Crippen molar-refractivity contribution in [1.82, 2.24) is 9.97 Å². The van der Waals surface area contributed by atoms with Crippen LogP contribution in [-0.4, -0.2) is 22.5 Å². The highest BCUT2D eigenvalue weighted by Crippen LogP contribution is 2.27. The number of H-pyrrole nitrogens is 1. The number of nitrogens with one attached hydrogen (secondary N) is 1. The molecular formula is C12H14N2O3S. The Morgan fingerprint density at radius 1 is 1.44 bits per heavy atom. The number of hydrogen-bond acceptors (Lipinski definition) is 5. The predicted molar refractivity (Wildman–Crippen MR) is 70.3 cm³/mol. The topological polar surface area (TPSA) is 72.0 Å². The first-order chi connectivity index (χ1) is 8.58. The average Bonchev–Trinajstić information content (AvgIpc) is 2.67. The molecule has 0 saturated carbocycles. The van der Waals surface area contributed by atoms with Gasteiger partial charge in [-0.15, -0.1) is 11.3 Å². The Hall–Kier alpha value is -1.69. The van der Waals surface area contributed by atoms with Gasteiger partial charge in [-0.3, -0.25) is 4.79 Å². The quantitative estimate of drug-likeness (QED) is 0.863. The second kappa shape index (κ2) is 4.89. The average molecular weight is 266 g/mol. The van der Waals surface area contributed by atoms with E-state index in [2.05, 4.69) is 9.97 Å². The van der Waals surface area contributed by atoms with Crippen LogP contribution in [0, 0.1) is 6.92 Å². The number of rotatable bonds is 3. The molecule has 2 rings (SSSR count). The standard InChI is InChI=1S/C12H14N2O3S/c1-4-7-13-10(15)8-6(3)9(12(16)17-5-2)18-11(8)14-7/h4-5H2,1-3H3,(H,13,14,15). The molecule has 0 aliphatic rings. The zero-order chi connectivity index (χ0) is 13.3. The van der Waals surface area contributed by atoms with Gasteiger partial charge in [-0.1, -0.05) is 6.92 Å². The molecule has 0 aliphatic carbocycles. The van der Waals surface area contributed by atoms with Crippen molar-refractivity contribution in [2.45, 2.75) is 27.2 Å². The summed E-state index contributed by atoms with van der Waals surface area (Å²) in [7, 11) is 0. The normalized spacial score (nSPS) is 10.8. The summed E-state index contributed by atoms with van der Waals surface area (Å²) in [6, 6.07) is 0. The van der Waals surface area contributed by atoms with Gasteiger partial charge >= 0.3 is 5.97 Å². The Balaban J connectivity index is 2.66. The third-order valence-corrected chi connectivity index (χ3v) is 3.81. The summed E-state index contributed by atoms with van der Waals surface area (Å²) >= 11 is 1.21. The maximum Gasteiger partial charge on any atom is 0.348 e. The summed E-state index contributed by atoms with van der Waals surface area (Å²) in [5.41, 5.74) is 0.450. The Morgan fingerprint density at radius 3 is 2.78 bits per heavy atom. The summed E-state index contributed by atoms with van der Waals surface area (Å²) < 4.78 is 4.97. The van der Waals surface area contributed by atoms with Crippen molar-refractivity contribution in [3.8, 4) is 0 Å². The molecule has 6 heteroatoms. The highest BCUT2D eigenvalue weighted by Gasteiger charge is 2.19. The molecule has 96 valence electrons. The molecule has 0 aromatic carbocycles. The number of aromatic nitrogens is 2. The lowest BCUT2D eigenvalue weighted by Crippen LogP contribution is -2.11. The van der Waals surface area contributed by atoms with Gasteiger partial charge in [-0.2, -0.15) is 0 Å². The van der Waals surface area contributed by atoms with Gasteiger partial charge in [-0.25, -0.2) is 9.78 Å². The Labute approximate surface area is 108 Å². The molecule has 2 aromatic heterocycles. The zero-order valence-corrected chi connectivity index (χ0v) is 11.3. The molecule has 0 aliphatic heterocycles. The van der Waals surface area contributed by atoms with Crippen molar-refractivity contribution in [3.05, 3.63) is 26.6 Å². The van der Waals surface area contributed by atoms with Crippen molar-refractivity contribution in [2.75, 3.05) is 6.61 Å². The van der Waals surface area contributed by atoms with Gasteiger partial charge in [0, 0.05) is 6.42 Å². The molecule has 0 amide bonds. The summed E-state index contributed by atoms with van der Waals surface area (Å²) in [4.78, 5) is 31.8. The molecule has 18 heavy (non-hydrogen) atoms. The number of carbonyl (C=O) groups excluding carboxylic acids is 1. The van der Waals surface area contributed by atoms with Crippen LogP contribution in [0.1, 0.15) is 34.9 Å². The number of thiophene rings is 1. The second-order valence-corrected chi connectivity index (χ2v) is 4.82. The molecule has 0 fully saturated rings. The van der Waals surface area contributed by atoms with Crippen LogP contribution in [0.15, 0.2) is 4.79 Å². The van der Waals surface area contributed by atoms with E-state index < -0.39 is 5.97 Å². The van der Waals surface area contributed by atoms with E-state index in [-0.39, 0.29) is 5.56 Å². The SMILES string of the molecule is CCOC(=O)c1sc2nc(CC)[nH]c(=O)c2c1C. The number of nitrogens with zero attached hydrogens (tertiary/aromatic N) is 1. The number of aromatic amines is 1. The van der Waals surface area contributed by atoms with Crippen molar-refractivity contribution >= 4 is 27.5 Å². The van der Waals surface area contributed by atoms with E-state index in [0.717, 1.165) is 0 Å². The van der Waals surface area contributed by atoms with Crippen LogP contribution in [0.4, 0.5) is 0 Å². The molecule has 1 N–H and O–H groups in total. The van der Waals surface area contributed by atoms with Gasteiger partial charge in [0.25, 0.3) is 5.56 Å². The third kappa shape index (κ3) is 2.03. The van der Waals surface area contributed by atoms with Crippen LogP contribution in [-0.2, 0) is 11.2 Å². The fourth-order valence-corrected chi connectivity index (χ4v) is 2.84. The Morgan fingerprint density at radius 2 is 2.17 bits per heavy atom. The fourth-order valence-electron chi connectivity index (χ4n) is 1.75.